The van der Waals surface area contributed by atoms with Crippen molar-refractivity contribution in [2.75, 3.05) is 24.7 Å². The highest BCUT2D eigenvalue weighted by molar-refractivity contribution is 5.87. The zero-order valence-electron chi connectivity index (χ0n) is 24.1. The van der Waals surface area contributed by atoms with Gasteiger partial charge in [-0.3, -0.25) is 4.79 Å². The third kappa shape index (κ3) is 10.7. The molecule has 0 saturated heterocycles. The summed E-state index contributed by atoms with van der Waals surface area (Å²) in [6.45, 7) is 5.38. The van der Waals surface area contributed by atoms with E-state index in [0.717, 1.165) is 69.1 Å². The molecule has 1 aliphatic carbocycles. The Balaban J connectivity index is 1.43. The summed E-state index contributed by atoms with van der Waals surface area (Å²) in [5.74, 6) is -0.155. The number of unbranched alkanes of at least 4 members (excludes halogenated alkanes) is 3. The van der Waals surface area contributed by atoms with Crippen LogP contribution < -0.4 is 16.2 Å². The molecular weight excluding hydrogens is 504 g/mol. The van der Waals surface area contributed by atoms with Gasteiger partial charge in [-0.05, 0) is 86.1 Å². The molecule has 1 saturated carbocycles. The number of benzene rings is 2. The minimum absolute atomic E-state index is 0.0328. The lowest BCUT2D eigenvalue weighted by molar-refractivity contribution is -0.141. The lowest BCUT2D eigenvalue weighted by Crippen LogP contribution is -2.29. The Morgan fingerprint density at radius 3 is 2.25 bits per heavy atom. The van der Waals surface area contributed by atoms with E-state index < -0.39 is 5.97 Å². The monoisotopic (exact) mass is 550 g/mol. The van der Waals surface area contributed by atoms with Gasteiger partial charge < -0.3 is 25.7 Å². The van der Waals surface area contributed by atoms with Crippen LogP contribution in [0.3, 0.4) is 0 Å². The van der Waals surface area contributed by atoms with Crippen molar-refractivity contribution >= 4 is 29.4 Å². The standard InChI is InChI=1S/C33H46N2O5/c1-3-5-7-19-38-30-16-12-25(13-17-30)33(37)40-31-14-9-24(10-15-31)11-18-32(36)39-23-26(8-6-4-2)27-20-28(34)22-29(35)21-27/h9-11,14-15,18,20-22,25-26,30H,3-8,12-13,16-17,19,23,34-35H2,1-2H3. The molecular formula is C33H46N2O5. The summed E-state index contributed by atoms with van der Waals surface area (Å²) in [7, 11) is 0. The average molecular weight is 551 g/mol. The van der Waals surface area contributed by atoms with Gasteiger partial charge >= 0.3 is 11.9 Å². The number of nitrogen functional groups attached to an aromatic ring is 2. The van der Waals surface area contributed by atoms with Crippen molar-refractivity contribution in [3.63, 3.8) is 0 Å². The van der Waals surface area contributed by atoms with Gasteiger partial charge in [0, 0.05) is 30.0 Å². The van der Waals surface area contributed by atoms with Crippen molar-refractivity contribution in [2.45, 2.75) is 90.1 Å². The van der Waals surface area contributed by atoms with Crippen LogP contribution in [0, 0.1) is 5.92 Å². The first kappa shape index (κ1) is 31.2. The van der Waals surface area contributed by atoms with Crippen molar-refractivity contribution in [3.05, 3.63) is 59.7 Å². The zero-order valence-corrected chi connectivity index (χ0v) is 24.1. The fourth-order valence-electron chi connectivity index (χ4n) is 5.04. The van der Waals surface area contributed by atoms with Crippen LogP contribution >= 0.6 is 0 Å². The number of rotatable bonds is 15. The molecule has 7 heteroatoms. The predicted octanol–water partition coefficient (Wildman–Crippen LogP) is 7.05. The minimum Gasteiger partial charge on any atom is -0.462 e. The third-order valence-electron chi connectivity index (χ3n) is 7.42. The van der Waals surface area contributed by atoms with Gasteiger partial charge in [0.05, 0.1) is 18.6 Å². The summed E-state index contributed by atoms with van der Waals surface area (Å²) >= 11 is 0. The molecule has 0 aromatic heterocycles. The number of esters is 2. The molecule has 7 nitrogen and oxygen atoms in total. The van der Waals surface area contributed by atoms with E-state index in [1.807, 2.05) is 24.3 Å². The van der Waals surface area contributed by atoms with Crippen LogP contribution in [0.2, 0.25) is 0 Å². The Morgan fingerprint density at radius 1 is 0.925 bits per heavy atom. The van der Waals surface area contributed by atoms with Gasteiger partial charge in [-0.2, -0.15) is 0 Å². The molecule has 1 unspecified atom stereocenters. The molecule has 1 aliphatic rings. The number of nitrogens with two attached hydrogens (primary N) is 2. The van der Waals surface area contributed by atoms with Gasteiger partial charge in [0.1, 0.15) is 5.75 Å². The first-order valence-electron chi connectivity index (χ1n) is 14.8. The van der Waals surface area contributed by atoms with Crippen molar-refractivity contribution in [3.8, 4) is 5.75 Å². The number of carbonyl (C=O) groups excluding carboxylic acids is 2. The smallest absolute Gasteiger partial charge is 0.330 e. The first-order chi connectivity index (χ1) is 19.4. The molecule has 0 radical (unpaired) electrons. The molecule has 1 fully saturated rings. The fraction of sp³-hybridized carbons (Fsp3) is 0.515. The van der Waals surface area contributed by atoms with E-state index in [1.54, 1.807) is 24.3 Å². The molecule has 1 atom stereocenters. The Bertz CT molecular complexity index is 1070. The van der Waals surface area contributed by atoms with Gasteiger partial charge in [-0.15, -0.1) is 0 Å². The van der Waals surface area contributed by atoms with E-state index in [-0.39, 0.29) is 30.5 Å². The summed E-state index contributed by atoms with van der Waals surface area (Å²) in [5, 5.41) is 0. The maximum atomic E-state index is 12.7. The van der Waals surface area contributed by atoms with Crippen molar-refractivity contribution in [2.24, 2.45) is 5.92 Å². The number of ether oxygens (including phenoxy) is 3. The SMILES string of the molecule is CCCCCOC1CCC(C(=O)Oc2ccc(C=CC(=O)OCC(CCCC)c3cc(N)cc(N)c3)cc2)CC1. The molecule has 4 N–H and O–H groups in total. The normalized spacial score (nSPS) is 17.9. The topological polar surface area (TPSA) is 114 Å². The Morgan fingerprint density at radius 2 is 1.60 bits per heavy atom. The zero-order chi connectivity index (χ0) is 28.7. The molecule has 218 valence electrons. The van der Waals surface area contributed by atoms with Crippen LogP contribution in [0.4, 0.5) is 11.4 Å². The van der Waals surface area contributed by atoms with Crippen molar-refractivity contribution < 1.29 is 23.8 Å². The highest BCUT2D eigenvalue weighted by Gasteiger charge is 2.28. The first-order valence-corrected chi connectivity index (χ1v) is 14.8. The summed E-state index contributed by atoms with van der Waals surface area (Å²) in [6.07, 6.45) is 13.2. The van der Waals surface area contributed by atoms with E-state index in [4.69, 9.17) is 25.7 Å². The van der Waals surface area contributed by atoms with Crippen LogP contribution in [0.5, 0.6) is 5.75 Å². The molecule has 2 aromatic rings. The van der Waals surface area contributed by atoms with Crippen LogP contribution in [-0.2, 0) is 19.1 Å². The molecule has 3 rings (SSSR count). The van der Waals surface area contributed by atoms with Gasteiger partial charge in [-0.1, -0.05) is 51.7 Å². The molecule has 0 heterocycles. The van der Waals surface area contributed by atoms with E-state index in [2.05, 4.69) is 13.8 Å². The molecule has 0 bridgehead atoms. The summed E-state index contributed by atoms with van der Waals surface area (Å²) in [4.78, 5) is 25.1. The summed E-state index contributed by atoms with van der Waals surface area (Å²) in [6, 6.07) is 12.6. The second-order valence-corrected chi connectivity index (χ2v) is 10.8. The third-order valence-corrected chi connectivity index (χ3v) is 7.42. The highest BCUT2D eigenvalue weighted by atomic mass is 16.5. The molecule has 0 aliphatic heterocycles. The highest BCUT2D eigenvalue weighted by Crippen LogP contribution is 2.29. The van der Waals surface area contributed by atoms with Gasteiger partial charge in [0.15, 0.2) is 0 Å². The summed E-state index contributed by atoms with van der Waals surface area (Å²) in [5.41, 5.74) is 14.9. The molecule has 0 spiro atoms. The van der Waals surface area contributed by atoms with Gasteiger partial charge in [0.25, 0.3) is 0 Å². The van der Waals surface area contributed by atoms with Crippen LogP contribution in [0.25, 0.3) is 6.08 Å². The van der Waals surface area contributed by atoms with E-state index in [9.17, 15) is 9.59 Å². The lowest BCUT2D eigenvalue weighted by atomic mass is 9.87. The second kappa shape index (κ2) is 16.7. The number of hydrogen-bond donors (Lipinski definition) is 2. The summed E-state index contributed by atoms with van der Waals surface area (Å²) < 4.78 is 17.1. The minimum atomic E-state index is -0.418. The Hall–Kier alpha value is -3.32. The number of carbonyl (C=O) groups is 2. The van der Waals surface area contributed by atoms with E-state index in [0.29, 0.717) is 17.1 Å². The largest absolute Gasteiger partial charge is 0.462 e. The molecule has 2 aromatic carbocycles. The second-order valence-electron chi connectivity index (χ2n) is 10.8. The predicted molar refractivity (Wildman–Crippen MR) is 161 cm³/mol. The van der Waals surface area contributed by atoms with Crippen LogP contribution in [0.15, 0.2) is 48.5 Å². The van der Waals surface area contributed by atoms with Crippen LogP contribution in [0.1, 0.15) is 95.1 Å². The molecule has 0 amide bonds. The maximum absolute atomic E-state index is 12.7. The quantitative estimate of drug-likeness (QED) is 0.0802. The number of anilines is 2. The Labute approximate surface area is 239 Å². The van der Waals surface area contributed by atoms with Crippen molar-refractivity contribution in [1.82, 2.24) is 0 Å². The Kier molecular flexibility index (Phi) is 13.0. The van der Waals surface area contributed by atoms with E-state index in [1.165, 1.54) is 18.9 Å². The van der Waals surface area contributed by atoms with Crippen molar-refractivity contribution in [1.29, 1.82) is 0 Å². The van der Waals surface area contributed by atoms with Gasteiger partial charge in [-0.25, -0.2) is 4.79 Å². The maximum Gasteiger partial charge on any atom is 0.330 e. The average Bonchev–Trinajstić information content (AvgIpc) is 2.95. The van der Waals surface area contributed by atoms with Crippen LogP contribution in [-0.4, -0.2) is 31.3 Å². The molecule has 40 heavy (non-hydrogen) atoms. The van der Waals surface area contributed by atoms with E-state index >= 15 is 0 Å². The lowest BCUT2D eigenvalue weighted by Gasteiger charge is -2.27. The van der Waals surface area contributed by atoms with Gasteiger partial charge in [0.2, 0.25) is 0 Å². The fourth-order valence-corrected chi connectivity index (χ4v) is 5.04. The number of hydrogen-bond acceptors (Lipinski definition) is 7.